The Morgan fingerprint density at radius 3 is 3.00 bits per heavy atom. The van der Waals surface area contributed by atoms with E-state index in [4.69, 9.17) is 0 Å². The molecule has 2 aromatic heterocycles. The second-order valence-electron chi connectivity index (χ2n) is 6.51. The third-order valence-electron chi connectivity index (χ3n) is 5.16. The highest BCUT2D eigenvalue weighted by Crippen LogP contribution is 2.36. The van der Waals surface area contributed by atoms with Gasteiger partial charge in [-0.3, -0.25) is 4.79 Å². The molecule has 2 fully saturated rings. The van der Waals surface area contributed by atoms with Crippen LogP contribution < -0.4 is 4.90 Å². The van der Waals surface area contributed by atoms with Crippen LogP contribution in [0.4, 0.5) is 14.6 Å². The van der Waals surface area contributed by atoms with Crippen LogP contribution in [-0.2, 0) is 4.79 Å². The summed E-state index contributed by atoms with van der Waals surface area (Å²) in [5.41, 5.74) is 0.789. The van der Waals surface area contributed by atoms with Crippen molar-refractivity contribution in [2.24, 2.45) is 5.92 Å². The molecule has 2 aromatic rings. The number of nitrogens with zero attached hydrogens (tertiary/aromatic N) is 4. The molecule has 8 heteroatoms. The number of anilines is 1. The molecule has 0 radical (unpaired) electrons. The molecule has 2 aliphatic rings. The highest BCUT2D eigenvalue weighted by molar-refractivity contribution is 5.89. The number of H-pyrrole nitrogens is 1. The van der Waals surface area contributed by atoms with Crippen molar-refractivity contribution in [2.75, 3.05) is 24.5 Å². The number of aromatic amines is 1. The van der Waals surface area contributed by atoms with Gasteiger partial charge in [0.15, 0.2) is 0 Å². The van der Waals surface area contributed by atoms with Crippen LogP contribution in [0.1, 0.15) is 12.8 Å². The molecule has 2 saturated heterocycles. The SMILES string of the molecule is O=C(/C=C/C(F)F)N1CC[C@H]2CCN(c3ncnc4[nH]ccc34)[C@@H]2C1. The topological polar surface area (TPSA) is 65.1 Å². The molecule has 1 N–H and O–H groups in total. The number of likely N-dealkylation sites (tertiary alicyclic amines) is 1. The summed E-state index contributed by atoms with van der Waals surface area (Å²) in [4.78, 5) is 27.8. The van der Waals surface area contributed by atoms with Crippen molar-refractivity contribution in [3.05, 3.63) is 30.7 Å². The van der Waals surface area contributed by atoms with Crippen molar-refractivity contribution in [3.8, 4) is 0 Å². The lowest BCUT2D eigenvalue weighted by Crippen LogP contribution is -2.50. The van der Waals surface area contributed by atoms with Gasteiger partial charge in [0.25, 0.3) is 6.43 Å². The molecule has 132 valence electrons. The van der Waals surface area contributed by atoms with Gasteiger partial charge in [0.1, 0.15) is 17.8 Å². The van der Waals surface area contributed by atoms with Crippen LogP contribution in [0.3, 0.4) is 0 Å². The first-order valence-electron chi connectivity index (χ1n) is 8.43. The standard InChI is InChI=1S/C17H19F2N5O/c18-14(19)1-2-15(25)23-7-4-11-5-8-24(13(11)9-23)17-12-3-6-20-16(12)21-10-22-17/h1-3,6,10-11,13-14H,4-5,7-9H2,(H,20,21,22)/b2-1+/t11-,13+/m0/s1. The molecule has 0 spiro atoms. The predicted molar refractivity (Wildman–Crippen MR) is 89.5 cm³/mol. The van der Waals surface area contributed by atoms with E-state index in [1.165, 1.54) is 0 Å². The highest BCUT2D eigenvalue weighted by Gasteiger charge is 2.40. The van der Waals surface area contributed by atoms with Gasteiger partial charge in [-0.2, -0.15) is 0 Å². The Labute approximate surface area is 143 Å². The Morgan fingerprint density at radius 1 is 1.32 bits per heavy atom. The number of amides is 1. The Morgan fingerprint density at radius 2 is 2.16 bits per heavy atom. The number of piperidine rings is 1. The molecule has 2 aliphatic heterocycles. The van der Waals surface area contributed by atoms with E-state index in [0.717, 1.165) is 42.3 Å². The zero-order valence-corrected chi connectivity index (χ0v) is 13.6. The van der Waals surface area contributed by atoms with Crippen LogP contribution >= 0.6 is 0 Å². The minimum atomic E-state index is -2.60. The monoisotopic (exact) mass is 347 g/mol. The van der Waals surface area contributed by atoms with Gasteiger partial charge in [-0.1, -0.05) is 0 Å². The van der Waals surface area contributed by atoms with Crippen LogP contribution in [0.2, 0.25) is 0 Å². The van der Waals surface area contributed by atoms with E-state index in [1.54, 1.807) is 11.2 Å². The molecule has 0 bridgehead atoms. The number of aromatic nitrogens is 3. The zero-order valence-electron chi connectivity index (χ0n) is 13.6. The fourth-order valence-electron chi connectivity index (χ4n) is 3.95. The molecule has 0 aromatic carbocycles. The maximum absolute atomic E-state index is 12.3. The largest absolute Gasteiger partial charge is 0.351 e. The van der Waals surface area contributed by atoms with Crippen molar-refractivity contribution >= 4 is 22.8 Å². The van der Waals surface area contributed by atoms with Crippen LogP contribution in [0, 0.1) is 5.92 Å². The van der Waals surface area contributed by atoms with E-state index < -0.39 is 6.43 Å². The van der Waals surface area contributed by atoms with Gasteiger partial charge in [0, 0.05) is 31.9 Å². The number of hydrogen-bond donors (Lipinski definition) is 1. The summed E-state index contributed by atoms with van der Waals surface area (Å²) in [5, 5.41) is 0.962. The van der Waals surface area contributed by atoms with E-state index in [2.05, 4.69) is 19.9 Å². The molecule has 0 aliphatic carbocycles. The summed E-state index contributed by atoms with van der Waals surface area (Å²) in [6.45, 7) is 2.03. The number of allylic oxidation sites excluding steroid dienone is 1. The molecule has 1 amide bonds. The van der Waals surface area contributed by atoms with Gasteiger partial charge in [-0.05, 0) is 30.9 Å². The van der Waals surface area contributed by atoms with E-state index >= 15 is 0 Å². The lowest BCUT2D eigenvalue weighted by molar-refractivity contribution is -0.127. The average Bonchev–Trinajstić information content (AvgIpc) is 3.25. The number of alkyl halides is 2. The molecule has 4 rings (SSSR count). The Kier molecular flexibility index (Phi) is 4.10. The van der Waals surface area contributed by atoms with Crippen LogP contribution in [0.25, 0.3) is 11.0 Å². The smallest absolute Gasteiger partial charge is 0.257 e. The third-order valence-corrected chi connectivity index (χ3v) is 5.16. The number of rotatable bonds is 3. The lowest BCUT2D eigenvalue weighted by Gasteiger charge is -2.38. The van der Waals surface area contributed by atoms with Crippen LogP contribution in [-0.4, -0.2) is 57.9 Å². The first-order chi connectivity index (χ1) is 12.1. The molecule has 6 nitrogen and oxygen atoms in total. The summed E-state index contributed by atoms with van der Waals surface area (Å²) >= 11 is 0. The minimum absolute atomic E-state index is 0.158. The van der Waals surface area contributed by atoms with Crippen molar-refractivity contribution < 1.29 is 13.6 Å². The molecule has 0 unspecified atom stereocenters. The second kappa shape index (κ2) is 6.42. The molecular formula is C17H19F2N5O. The number of nitrogens with one attached hydrogen (secondary N) is 1. The summed E-state index contributed by atoms with van der Waals surface area (Å²) in [6, 6.07) is 2.11. The Bertz CT molecular complexity index is 805. The van der Waals surface area contributed by atoms with E-state index in [0.29, 0.717) is 25.1 Å². The summed E-state index contributed by atoms with van der Waals surface area (Å²) in [7, 11) is 0. The van der Waals surface area contributed by atoms with E-state index in [-0.39, 0.29) is 11.9 Å². The fraction of sp³-hybridized carbons (Fsp3) is 0.471. The maximum Gasteiger partial charge on any atom is 0.257 e. The maximum atomic E-state index is 12.3. The molecular weight excluding hydrogens is 328 g/mol. The van der Waals surface area contributed by atoms with Gasteiger partial charge < -0.3 is 14.8 Å². The van der Waals surface area contributed by atoms with Crippen molar-refractivity contribution in [3.63, 3.8) is 0 Å². The quantitative estimate of drug-likeness (QED) is 0.865. The van der Waals surface area contributed by atoms with Crippen molar-refractivity contribution in [2.45, 2.75) is 25.3 Å². The third kappa shape index (κ3) is 2.96. The Balaban J connectivity index is 1.56. The van der Waals surface area contributed by atoms with Gasteiger partial charge in [-0.25, -0.2) is 18.7 Å². The first kappa shape index (κ1) is 16.0. The average molecular weight is 347 g/mol. The highest BCUT2D eigenvalue weighted by atomic mass is 19.3. The number of hydrogen-bond acceptors (Lipinski definition) is 4. The second-order valence-corrected chi connectivity index (χ2v) is 6.51. The van der Waals surface area contributed by atoms with Gasteiger partial charge in [-0.15, -0.1) is 0 Å². The van der Waals surface area contributed by atoms with Gasteiger partial charge in [0.2, 0.25) is 5.91 Å². The summed E-state index contributed by atoms with van der Waals surface area (Å²) < 4.78 is 24.6. The molecule has 4 heterocycles. The molecule has 0 saturated carbocycles. The van der Waals surface area contributed by atoms with Gasteiger partial charge in [0.05, 0.1) is 11.4 Å². The van der Waals surface area contributed by atoms with Crippen molar-refractivity contribution in [1.29, 1.82) is 0 Å². The fourth-order valence-corrected chi connectivity index (χ4v) is 3.95. The number of carbonyl (C=O) groups excluding carboxylic acids is 1. The van der Waals surface area contributed by atoms with E-state index in [9.17, 15) is 13.6 Å². The normalized spacial score (nSPS) is 23.8. The number of carbonyl (C=O) groups is 1. The summed E-state index contributed by atoms with van der Waals surface area (Å²) in [6.07, 6.45) is 4.34. The van der Waals surface area contributed by atoms with E-state index in [1.807, 2.05) is 12.3 Å². The lowest BCUT2D eigenvalue weighted by atomic mass is 9.92. The molecule has 25 heavy (non-hydrogen) atoms. The summed E-state index contributed by atoms with van der Waals surface area (Å²) in [5.74, 6) is 1.02. The first-order valence-corrected chi connectivity index (χ1v) is 8.43. The molecule has 2 atom stereocenters. The predicted octanol–water partition coefficient (Wildman–Crippen LogP) is 2.21. The van der Waals surface area contributed by atoms with Crippen LogP contribution in [0.15, 0.2) is 30.7 Å². The van der Waals surface area contributed by atoms with Crippen molar-refractivity contribution in [1.82, 2.24) is 19.9 Å². The number of halogens is 2. The minimum Gasteiger partial charge on any atom is -0.351 e. The van der Waals surface area contributed by atoms with Gasteiger partial charge >= 0.3 is 0 Å². The zero-order chi connectivity index (χ0) is 17.4. The van der Waals surface area contributed by atoms with Crippen LogP contribution in [0.5, 0.6) is 0 Å². The number of fused-ring (bicyclic) bond motifs is 2. The Hall–Kier alpha value is -2.51.